The SMILES string of the molecule is CCN(Cc1nc2ccccc2c(=O)[nH]1)C(=O)c1cc2c(s1)CC[C@H](C(C)(C)C)C2. The van der Waals surface area contributed by atoms with Gasteiger partial charge in [0.1, 0.15) is 5.82 Å². The summed E-state index contributed by atoms with van der Waals surface area (Å²) >= 11 is 1.63. The van der Waals surface area contributed by atoms with Crippen molar-refractivity contribution in [3.05, 3.63) is 61.8 Å². The van der Waals surface area contributed by atoms with Crippen molar-refractivity contribution in [3.8, 4) is 0 Å². The van der Waals surface area contributed by atoms with Gasteiger partial charge in [-0.2, -0.15) is 0 Å². The summed E-state index contributed by atoms with van der Waals surface area (Å²) in [7, 11) is 0. The molecule has 0 fully saturated rings. The first-order valence-corrected chi connectivity index (χ1v) is 11.5. The van der Waals surface area contributed by atoms with E-state index in [0.717, 1.165) is 17.7 Å². The zero-order chi connectivity index (χ0) is 21.5. The minimum atomic E-state index is -0.168. The van der Waals surface area contributed by atoms with Crippen LogP contribution in [0.3, 0.4) is 0 Å². The number of H-pyrrole nitrogens is 1. The number of nitrogens with zero attached hydrogens (tertiary/aromatic N) is 2. The van der Waals surface area contributed by atoms with E-state index in [1.54, 1.807) is 22.3 Å². The lowest BCUT2D eigenvalue weighted by Crippen LogP contribution is -2.31. The van der Waals surface area contributed by atoms with Crippen molar-refractivity contribution in [1.82, 2.24) is 14.9 Å². The highest BCUT2D eigenvalue weighted by Crippen LogP contribution is 2.40. The summed E-state index contributed by atoms with van der Waals surface area (Å²) in [5, 5.41) is 0.565. The van der Waals surface area contributed by atoms with E-state index >= 15 is 0 Å². The van der Waals surface area contributed by atoms with Crippen molar-refractivity contribution in [3.63, 3.8) is 0 Å². The molecular weight excluding hydrogens is 394 g/mol. The first kappa shape index (κ1) is 20.8. The van der Waals surface area contributed by atoms with Crippen LogP contribution in [0.15, 0.2) is 35.1 Å². The van der Waals surface area contributed by atoms with E-state index in [4.69, 9.17) is 0 Å². The minimum Gasteiger partial charge on any atom is -0.331 e. The smallest absolute Gasteiger partial charge is 0.264 e. The number of thiophene rings is 1. The molecule has 0 saturated heterocycles. The Labute approximate surface area is 181 Å². The number of rotatable bonds is 4. The van der Waals surface area contributed by atoms with Gasteiger partial charge < -0.3 is 9.88 Å². The zero-order valence-electron chi connectivity index (χ0n) is 18.1. The molecule has 6 heteroatoms. The molecule has 1 aliphatic carbocycles. The molecule has 0 aliphatic heterocycles. The van der Waals surface area contributed by atoms with E-state index in [1.807, 2.05) is 25.1 Å². The molecule has 0 bridgehead atoms. The van der Waals surface area contributed by atoms with Crippen LogP contribution in [0.2, 0.25) is 0 Å². The Morgan fingerprint density at radius 2 is 2.07 bits per heavy atom. The fourth-order valence-electron chi connectivity index (χ4n) is 4.24. The van der Waals surface area contributed by atoms with Gasteiger partial charge in [0, 0.05) is 11.4 Å². The lowest BCUT2D eigenvalue weighted by molar-refractivity contribution is 0.0753. The predicted octanol–water partition coefficient (Wildman–Crippen LogP) is 4.80. The Kier molecular flexibility index (Phi) is 5.53. The molecule has 2 aromatic heterocycles. The summed E-state index contributed by atoms with van der Waals surface area (Å²) in [5.41, 5.74) is 2.11. The first-order valence-electron chi connectivity index (χ1n) is 10.6. The molecule has 30 heavy (non-hydrogen) atoms. The van der Waals surface area contributed by atoms with Crippen LogP contribution in [-0.2, 0) is 19.4 Å². The largest absolute Gasteiger partial charge is 0.331 e. The first-order chi connectivity index (χ1) is 14.3. The summed E-state index contributed by atoms with van der Waals surface area (Å²) in [6.45, 7) is 9.72. The van der Waals surface area contributed by atoms with Gasteiger partial charge in [-0.1, -0.05) is 32.9 Å². The van der Waals surface area contributed by atoms with Gasteiger partial charge in [-0.25, -0.2) is 4.98 Å². The third kappa shape index (κ3) is 4.06. The average Bonchev–Trinajstić information content (AvgIpc) is 3.14. The Bertz CT molecular complexity index is 1140. The van der Waals surface area contributed by atoms with E-state index in [-0.39, 0.29) is 16.9 Å². The van der Waals surface area contributed by atoms with Gasteiger partial charge in [-0.05, 0) is 61.3 Å². The predicted molar refractivity (Wildman–Crippen MR) is 122 cm³/mol. The summed E-state index contributed by atoms with van der Waals surface area (Å²) in [4.78, 5) is 36.9. The number of carbonyl (C=O) groups is 1. The van der Waals surface area contributed by atoms with Crippen LogP contribution in [0.1, 0.15) is 60.1 Å². The monoisotopic (exact) mass is 423 g/mol. The minimum absolute atomic E-state index is 0.0139. The van der Waals surface area contributed by atoms with Crippen LogP contribution in [0, 0.1) is 11.3 Å². The second kappa shape index (κ2) is 7.99. The van der Waals surface area contributed by atoms with Gasteiger partial charge in [-0.3, -0.25) is 9.59 Å². The molecule has 3 aromatic rings. The number of hydrogen-bond acceptors (Lipinski definition) is 4. The van der Waals surface area contributed by atoms with Crippen molar-refractivity contribution >= 4 is 28.1 Å². The van der Waals surface area contributed by atoms with Crippen LogP contribution in [0.5, 0.6) is 0 Å². The number of hydrogen-bond donors (Lipinski definition) is 1. The molecule has 1 aromatic carbocycles. The number of benzene rings is 1. The molecule has 0 spiro atoms. The normalized spacial score (nSPS) is 16.5. The molecule has 158 valence electrons. The van der Waals surface area contributed by atoms with Crippen molar-refractivity contribution in [1.29, 1.82) is 0 Å². The lowest BCUT2D eigenvalue weighted by Gasteiger charge is -2.33. The molecule has 0 saturated carbocycles. The lowest BCUT2D eigenvalue weighted by atomic mass is 9.72. The second-order valence-corrected chi connectivity index (χ2v) is 10.4. The number of carbonyl (C=O) groups excluding carboxylic acids is 1. The quantitative estimate of drug-likeness (QED) is 0.656. The number of fused-ring (bicyclic) bond motifs is 2. The van der Waals surface area contributed by atoms with E-state index < -0.39 is 0 Å². The maximum atomic E-state index is 13.2. The molecule has 1 atom stereocenters. The third-order valence-electron chi connectivity index (χ3n) is 6.19. The van der Waals surface area contributed by atoms with Gasteiger partial charge in [-0.15, -0.1) is 11.3 Å². The van der Waals surface area contributed by atoms with Crippen LogP contribution in [-0.4, -0.2) is 27.3 Å². The Morgan fingerprint density at radius 3 is 2.80 bits per heavy atom. The molecular formula is C24H29N3O2S. The molecule has 1 aliphatic rings. The summed E-state index contributed by atoms with van der Waals surface area (Å²) in [6, 6.07) is 9.37. The number of aromatic amines is 1. The maximum Gasteiger partial charge on any atom is 0.264 e. The van der Waals surface area contributed by atoms with E-state index in [0.29, 0.717) is 35.7 Å². The second-order valence-electron chi connectivity index (χ2n) is 9.21. The number of amides is 1. The highest BCUT2D eigenvalue weighted by atomic mass is 32.1. The van der Waals surface area contributed by atoms with Crippen LogP contribution >= 0.6 is 11.3 Å². The van der Waals surface area contributed by atoms with Gasteiger partial charge in [0.15, 0.2) is 0 Å². The molecule has 0 unspecified atom stereocenters. The molecule has 2 heterocycles. The number of para-hydroxylation sites is 1. The fourth-order valence-corrected chi connectivity index (χ4v) is 5.42. The van der Waals surface area contributed by atoms with Gasteiger partial charge in [0.2, 0.25) is 0 Å². The summed E-state index contributed by atoms with van der Waals surface area (Å²) in [6.07, 6.45) is 3.29. The van der Waals surface area contributed by atoms with Crippen LogP contribution in [0.25, 0.3) is 10.9 Å². The highest BCUT2D eigenvalue weighted by molar-refractivity contribution is 7.14. The highest BCUT2D eigenvalue weighted by Gasteiger charge is 2.31. The van der Waals surface area contributed by atoms with E-state index in [9.17, 15) is 9.59 Å². The fraction of sp³-hybridized carbons (Fsp3) is 0.458. The van der Waals surface area contributed by atoms with Crippen molar-refractivity contribution in [2.24, 2.45) is 11.3 Å². The van der Waals surface area contributed by atoms with Gasteiger partial charge in [0.05, 0.1) is 22.3 Å². The number of aryl methyl sites for hydroxylation is 1. The topological polar surface area (TPSA) is 66.1 Å². The van der Waals surface area contributed by atoms with Crippen molar-refractivity contribution < 1.29 is 4.79 Å². The van der Waals surface area contributed by atoms with Crippen LogP contribution < -0.4 is 5.56 Å². The third-order valence-corrected chi connectivity index (χ3v) is 7.41. The Balaban J connectivity index is 1.56. The maximum absolute atomic E-state index is 13.2. The molecule has 1 N–H and O–H groups in total. The van der Waals surface area contributed by atoms with E-state index in [2.05, 4.69) is 36.8 Å². The molecule has 1 amide bonds. The molecule has 4 rings (SSSR count). The van der Waals surface area contributed by atoms with E-state index in [1.165, 1.54) is 16.9 Å². The zero-order valence-corrected chi connectivity index (χ0v) is 18.9. The Hall–Kier alpha value is -2.47. The standard InChI is InChI=1S/C24H29N3O2S/c1-5-27(14-21-25-18-9-7-6-8-17(18)22(28)26-21)23(29)20-13-15-12-16(24(2,3)4)10-11-19(15)30-20/h6-9,13,16H,5,10-12,14H2,1-4H3,(H,25,26,28)/t16-/m0/s1. The van der Waals surface area contributed by atoms with Gasteiger partial charge >= 0.3 is 0 Å². The van der Waals surface area contributed by atoms with Crippen molar-refractivity contribution in [2.45, 2.75) is 53.5 Å². The van der Waals surface area contributed by atoms with Crippen LogP contribution in [0.4, 0.5) is 0 Å². The Morgan fingerprint density at radius 1 is 1.30 bits per heavy atom. The number of aromatic nitrogens is 2. The number of nitrogens with one attached hydrogen (secondary N) is 1. The summed E-state index contributed by atoms with van der Waals surface area (Å²) < 4.78 is 0. The average molecular weight is 424 g/mol. The molecule has 5 nitrogen and oxygen atoms in total. The summed E-state index contributed by atoms with van der Waals surface area (Å²) in [5.74, 6) is 1.18. The molecule has 0 radical (unpaired) electrons. The van der Waals surface area contributed by atoms with Crippen molar-refractivity contribution in [2.75, 3.05) is 6.54 Å². The van der Waals surface area contributed by atoms with Gasteiger partial charge in [0.25, 0.3) is 11.5 Å².